The van der Waals surface area contributed by atoms with Gasteiger partial charge in [-0.1, -0.05) is 74.5 Å². The van der Waals surface area contributed by atoms with E-state index in [0.717, 1.165) is 21.5 Å². The van der Waals surface area contributed by atoms with Gasteiger partial charge in [0.25, 0.3) is 0 Å². The molecule has 6 nitrogen and oxygen atoms in total. The van der Waals surface area contributed by atoms with Crippen LogP contribution in [-0.2, 0) is 33.1 Å². The third kappa shape index (κ3) is 6.33. The maximum absolute atomic E-state index is 11.1. The SMILES string of the molecule is CCc1c(S(=O)(=O)[O-])ccc2ccccc12.CCc1c(S(=O)(=O)[O-])ccc2ccccc12.[Ca+2]. The van der Waals surface area contributed by atoms with Crippen molar-refractivity contribution in [2.75, 3.05) is 0 Å². The third-order valence-corrected chi connectivity index (χ3v) is 7.08. The van der Waals surface area contributed by atoms with Crippen molar-refractivity contribution in [2.45, 2.75) is 36.5 Å². The first-order valence-electron chi connectivity index (χ1n) is 10.0. The second-order valence-corrected chi connectivity index (χ2v) is 9.84. The summed E-state index contributed by atoms with van der Waals surface area (Å²) in [5.74, 6) is 0. The molecule has 0 fully saturated rings. The minimum absolute atomic E-state index is 0. The number of hydrogen-bond acceptors (Lipinski definition) is 6. The molecule has 0 N–H and O–H groups in total. The molecule has 0 atom stereocenters. The summed E-state index contributed by atoms with van der Waals surface area (Å²) in [6, 6.07) is 21.0. The molecule has 0 amide bonds. The van der Waals surface area contributed by atoms with Gasteiger partial charge in [0.1, 0.15) is 20.2 Å². The van der Waals surface area contributed by atoms with E-state index < -0.39 is 20.2 Å². The van der Waals surface area contributed by atoms with Gasteiger partial charge in [0, 0.05) is 0 Å². The zero-order valence-electron chi connectivity index (χ0n) is 18.3. The Morgan fingerprint density at radius 1 is 0.576 bits per heavy atom. The van der Waals surface area contributed by atoms with Crippen LogP contribution in [0, 0.1) is 0 Å². The Balaban J connectivity index is 0.000000227. The molecule has 0 saturated heterocycles. The van der Waals surface area contributed by atoms with Gasteiger partial charge in [-0.25, -0.2) is 16.8 Å². The largest absolute Gasteiger partial charge is 2.00 e. The van der Waals surface area contributed by atoms with Crippen molar-refractivity contribution in [1.29, 1.82) is 0 Å². The van der Waals surface area contributed by atoms with Crippen LogP contribution in [0.15, 0.2) is 82.6 Å². The van der Waals surface area contributed by atoms with Gasteiger partial charge in [-0.3, -0.25) is 0 Å². The molecule has 0 radical (unpaired) electrons. The summed E-state index contributed by atoms with van der Waals surface area (Å²) in [6.45, 7) is 3.69. The third-order valence-electron chi connectivity index (χ3n) is 5.24. The summed E-state index contributed by atoms with van der Waals surface area (Å²) in [7, 11) is -8.77. The van der Waals surface area contributed by atoms with E-state index in [1.807, 2.05) is 62.4 Å². The maximum atomic E-state index is 11.1. The minimum Gasteiger partial charge on any atom is -0.744 e. The zero-order chi connectivity index (χ0) is 23.5. The second-order valence-electron chi connectivity index (χ2n) is 7.14. The molecule has 0 saturated carbocycles. The molecule has 4 aromatic rings. The van der Waals surface area contributed by atoms with Gasteiger partial charge in [0.15, 0.2) is 0 Å². The second kappa shape index (κ2) is 11.3. The fourth-order valence-electron chi connectivity index (χ4n) is 3.83. The van der Waals surface area contributed by atoms with Crippen LogP contribution in [0.1, 0.15) is 25.0 Å². The van der Waals surface area contributed by atoms with Crippen molar-refractivity contribution in [2.24, 2.45) is 0 Å². The number of aryl methyl sites for hydroxylation is 2. The van der Waals surface area contributed by atoms with Crippen molar-refractivity contribution < 1.29 is 25.9 Å². The first-order valence-corrected chi connectivity index (χ1v) is 12.8. The standard InChI is InChI=1S/2C12H12O3S.Ca/c2*1-2-10-11-6-4-3-5-9(11)7-8-12(10)16(13,14)15;/h2*3-8H,2H2,1H3,(H,13,14,15);/q;;+2/p-2. The number of fused-ring (bicyclic) bond motifs is 2. The molecule has 168 valence electrons. The van der Waals surface area contributed by atoms with Crippen molar-refractivity contribution in [3.05, 3.63) is 83.9 Å². The van der Waals surface area contributed by atoms with Crippen LogP contribution in [0.3, 0.4) is 0 Å². The Morgan fingerprint density at radius 2 is 0.909 bits per heavy atom. The summed E-state index contributed by atoms with van der Waals surface area (Å²) >= 11 is 0. The molecule has 9 heteroatoms. The molecular formula is C24H22CaO6S2. The van der Waals surface area contributed by atoms with Crippen LogP contribution in [-0.4, -0.2) is 63.7 Å². The Morgan fingerprint density at radius 3 is 1.21 bits per heavy atom. The van der Waals surface area contributed by atoms with Crippen molar-refractivity contribution >= 4 is 79.5 Å². The molecule has 0 unspecified atom stereocenters. The van der Waals surface area contributed by atoms with Crippen LogP contribution >= 0.6 is 0 Å². The van der Waals surface area contributed by atoms with Crippen LogP contribution in [0.25, 0.3) is 21.5 Å². The minimum atomic E-state index is -4.39. The van der Waals surface area contributed by atoms with Crippen molar-refractivity contribution in [3.8, 4) is 0 Å². The number of benzene rings is 4. The Bertz CT molecular complexity index is 1380. The van der Waals surface area contributed by atoms with Gasteiger partial charge in [-0.2, -0.15) is 0 Å². The normalized spacial score (nSPS) is 11.5. The summed E-state index contributed by atoms with van der Waals surface area (Å²) in [5.41, 5.74) is 1.21. The average Bonchev–Trinajstić information content (AvgIpc) is 2.76. The van der Waals surface area contributed by atoms with Gasteiger partial charge in [0.2, 0.25) is 0 Å². The van der Waals surface area contributed by atoms with Crippen LogP contribution in [0.4, 0.5) is 0 Å². The van der Waals surface area contributed by atoms with E-state index in [1.54, 1.807) is 12.1 Å². The topological polar surface area (TPSA) is 114 Å². The quantitative estimate of drug-likeness (QED) is 0.300. The first kappa shape index (κ1) is 27.7. The van der Waals surface area contributed by atoms with E-state index in [2.05, 4.69) is 0 Å². The first-order chi connectivity index (χ1) is 15.1. The Hall–Kier alpha value is -1.52. The van der Waals surface area contributed by atoms with E-state index in [1.165, 1.54) is 12.1 Å². The molecule has 0 heterocycles. The van der Waals surface area contributed by atoms with Crippen molar-refractivity contribution in [3.63, 3.8) is 0 Å². The molecule has 33 heavy (non-hydrogen) atoms. The molecule has 0 spiro atoms. The van der Waals surface area contributed by atoms with Crippen molar-refractivity contribution in [1.82, 2.24) is 0 Å². The van der Waals surface area contributed by atoms with Gasteiger partial charge >= 0.3 is 37.7 Å². The van der Waals surface area contributed by atoms with E-state index in [-0.39, 0.29) is 47.5 Å². The van der Waals surface area contributed by atoms with Crippen LogP contribution in [0.5, 0.6) is 0 Å². The molecule has 4 rings (SSSR count). The van der Waals surface area contributed by atoms with Gasteiger partial charge in [-0.05, 0) is 57.6 Å². The van der Waals surface area contributed by atoms with Crippen LogP contribution in [0.2, 0.25) is 0 Å². The van der Waals surface area contributed by atoms with E-state index >= 15 is 0 Å². The maximum Gasteiger partial charge on any atom is 2.00 e. The van der Waals surface area contributed by atoms with E-state index in [4.69, 9.17) is 0 Å². The molecule has 0 aliphatic heterocycles. The predicted octanol–water partition coefficient (Wildman–Crippen LogP) is 4.23. The van der Waals surface area contributed by atoms with Gasteiger partial charge < -0.3 is 9.11 Å². The Kier molecular flexibility index (Phi) is 9.47. The number of rotatable bonds is 4. The Labute approximate surface area is 224 Å². The summed E-state index contributed by atoms with van der Waals surface area (Å²) in [6.07, 6.45) is 1.05. The molecule has 4 aromatic carbocycles. The summed E-state index contributed by atoms with van der Waals surface area (Å²) in [4.78, 5) is -0.206. The fraction of sp³-hybridized carbons (Fsp3) is 0.167. The summed E-state index contributed by atoms with van der Waals surface area (Å²) in [5, 5.41) is 3.57. The molecule has 0 bridgehead atoms. The van der Waals surface area contributed by atoms with Gasteiger partial charge in [-0.15, -0.1) is 0 Å². The molecule has 0 aliphatic rings. The fourth-order valence-corrected chi connectivity index (χ4v) is 5.41. The molecule has 0 aromatic heterocycles. The molecular weight excluding hydrogens is 488 g/mol. The average molecular weight is 511 g/mol. The summed E-state index contributed by atoms with van der Waals surface area (Å²) < 4.78 is 66.6. The number of hydrogen-bond donors (Lipinski definition) is 0. The zero-order valence-corrected chi connectivity index (χ0v) is 22.2. The smallest absolute Gasteiger partial charge is 0.744 e. The molecule has 0 aliphatic carbocycles. The predicted molar refractivity (Wildman–Crippen MR) is 128 cm³/mol. The van der Waals surface area contributed by atoms with Gasteiger partial charge in [0.05, 0.1) is 9.79 Å². The van der Waals surface area contributed by atoms with E-state index in [0.29, 0.717) is 24.0 Å². The van der Waals surface area contributed by atoms with Crippen LogP contribution < -0.4 is 0 Å². The van der Waals surface area contributed by atoms with E-state index in [9.17, 15) is 25.9 Å². The monoisotopic (exact) mass is 510 g/mol.